The fourth-order valence-electron chi connectivity index (χ4n) is 7.07. The summed E-state index contributed by atoms with van der Waals surface area (Å²) in [6, 6.07) is 7.39. The Morgan fingerprint density at radius 2 is 2.00 bits per heavy atom. The fourth-order valence-corrected chi connectivity index (χ4v) is 7.07. The van der Waals surface area contributed by atoms with Crippen LogP contribution in [-0.4, -0.2) is 130 Å². The number of esters is 1. The molecule has 0 spiro atoms. The summed E-state index contributed by atoms with van der Waals surface area (Å²) in [5.74, 6) is 0.289. The van der Waals surface area contributed by atoms with E-state index in [-0.39, 0.29) is 30.0 Å². The molecular weight excluding hydrogens is 659 g/mol. The number of anilines is 1. The van der Waals surface area contributed by atoms with E-state index in [4.69, 9.17) is 24.3 Å². The maximum Gasteiger partial charge on any atom is 0.309 e. The average Bonchev–Trinajstić information content (AvgIpc) is 3.85. The van der Waals surface area contributed by atoms with Gasteiger partial charge >= 0.3 is 5.97 Å². The highest BCUT2D eigenvalue weighted by Gasteiger charge is 2.36. The van der Waals surface area contributed by atoms with Crippen molar-refractivity contribution in [3.05, 3.63) is 54.7 Å². The molecule has 0 unspecified atom stereocenters. The number of halogens is 1. The van der Waals surface area contributed by atoms with Gasteiger partial charge in [-0.05, 0) is 45.1 Å². The molecule has 1 aromatic carbocycles. The van der Waals surface area contributed by atoms with E-state index in [0.29, 0.717) is 98.1 Å². The van der Waals surface area contributed by atoms with Gasteiger partial charge < -0.3 is 29.7 Å². The summed E-state index contributed by atoms with van der Waals surface area (Å²) in [7, 11) is 3.41. The number of carbonyl (C=O) groups is 2. The monoisotopic (exact) mass is 698 g/mol. The standard InChI is InChI=1S/C35H39FN10O5/c1-43-19-24(36)31(20-43)51-35(48)21-4-10-44(11-5-21)12-7-39-34(47)32-23-17-40-25(22-18-41-45-9-3-6-38-33(22)45)14-27(23)46(42-32)28-16-29-26(15-30(28)49-2)37-8-13-50-29/h3,6,9,14-18,21,24,31,37H,4-5,7-8,10-13,19-20H2,1-2H3,(H,39,47)/t24-,31-/m1/s1. The molecule has 2 fully saturated rings. The minimum Gasteiger partial charge on any atom is -0.494 e. The highest BCUT2D eigenvalue weighted by molar-refractivity contribution is 6.05. The summed E-state index contributed by atoms with van der Waals surface area (Å²) in [4.78, 5) is 39.7. The van der Waals surface area contributed by atoms with Crippen molar-refractivity contribution in [2.45, 2.75) is 25.1 Å². The van der Waals surface area contributed by atoms with Crippen LogP contribution in [0.25, 0.3) is 33.5 Å². The molecule has 0 bridgehead atoms. The van der Waals surface area contributed by atoms with E-state index in [2.05, 4.69) is 25.6 Å². The maximum atomic E-state index is 14.2. The number of pyridine rings is 1. The molecule has 2 N–H and O–H groups in total. The number of ether oxygens (including phenoxy) is 3. The van der Waals surface area contributed by atoms with Gasteiger partial charge in [0, 0.05) is 63.4 Å². The Labute approximate surface area is 292 Å². The quantitative estimate of drug-likeness (QED) is 0.218. The van der Waals surface area contributed by atoms with Crippen molar-refractivity contribution in [3.63, 3.8) is 0 Å². The Kier molecular flexibility index (Phi) is 8.85. The first-order valence-corrected chi connectivity index (χ1v) is 17.2. The zero-order chi connectivity index (χ0) is 35.1. The second-order valence-electron chi connectivity index (χ2n) is 13.2. The average molecular weight is 699 g/mol. The minimum absolute atomic E-state index is 0.214. The lowest BCUT2D eigenvalue weighted by molar-refractivity contribution is -0.157. The Morgan fingerprint density at radius 3 is 2.80 bits per heavy atom. The van der Waals surface area contributed by atoms with Crippen LogP contribution < -0.4 is 20.1 Å². The number of nitrogens with zero attached hydrogens (tertiary/aromatic N) is 8. The van der Waals surface area contributed by atoms with Crippen LogP contribution in [0.1, 0.15) is 23.3 Å². The summed E-state index contributed by atoms with van der Waals surface area (Å²) < 4.78 is 34.8. The number of carbonyl (C=O) groups excluding carboxylic acids is 2. The number of piperidine rings is 1. The Bertz CT molecular complexity index is 2090. The first kappa shape index (κ1) is 32.8. The van der Waals surface area contributed by atoms with E-state index >= 15 is 0 Å². The molecule has 2 atom stereocenters. The van der Waals surface area contributed by atoms with Gasteiger partial charge in [-0.2, -0.15) is 10.2 Å². The van der Waals surface area contributed by atoms with E-state index in [1.807, 2.05) is 36.3 Å². The topological polar surface area (TPSA) is 153 Å². The molecule has 1 amide bonds. The van der Waals surface area contributed by atoms with Crippen LogP contribution in [0.4, 0.5) is 10.1 Å². The number of hydrogen-bond donors (Lipinski definition) is 2. The smallest absolute Gasteiger partial charge is 0.309 e. The first-order chi connectivity index (χ1) is 24.9. The summed E-state index contributed by atoms with van der Waals surface area (Å²) in [5.41, 5.74) is 4.26. The number of methoxy groups -OCH3 is 1. The molecule has 0 aliphatic carbocycles. The van der Waals surface area contributed by atoms with E-state index in [1.165, 1.54) is 0 Å². The Morgan fingerprint density at radius 1 is 1.14 bits per heavy atom. The lowest BCUT2D eigenvalue weighted by Crippen LogP contribution is -2.42. The second kappa shape index (κ2) is 13.8. The number of aromatic nitrogens is 6. The molecule has 5 aromatic rings. The van der Waals surface area contributed by atoms with Crippen molar-refractivity contribution in [1.29, 1.82) is 0 Å². The molecular formula is C35H39FN10O5. The molecule has 4 aromatic heterocycles. The highest BCUT2D eigenvalue weighted by atomic mass is 19.1. The van der Waals surface area contributed by atoms with Crippen molar-refractivity contribution in [2.75, 3.05) is 71.9 Å². The van der Waals surface area contributed by atoms with Crippen LogP contribution in [0.2, 0.25) is 0 Å². The van der Waals surface area contributed by atoms with Crippen LogP contribution in [0.5, 0.6) is 11.5 Å². The van der Waals surface area contributed by atoms with Crippen LogP contribution >= 0.6 is 0 Å². The Hall–Kier alpha value is -5.35. The number of benzene rings is 1. The van der Waals surface area contributed by atoms with E-state index in [9.17, 15) is 14.0 Å². The summed E-state index contributed by atoms with van der Waals surface area (Å²) in [6.07, 6.45) is 6.28. The Balaban J connectivity index is 1.01. The van der Waals surface area contributed by atoms with Gasteiger partial charge in [0.05, 0.1) is 47.1 Å². The number of fused-ring (bicyclic) bond motifs is 3. The first-order valence-electron chi connectivity index (χ1n) is 17.2. The third kappa shape index (κ3) is 6.40. The normalized spacial score (nSPS) is 19.8. The molecule has 266 valence electrons. The fraction of sp³-hybridized carbons (Fsp3) is 0.429. The SMILES string of the molecule is COc1cc2c(cc1-n1nc(C(=O)NCCN3CCC(C(=O)O[C@@H]4CN(C)C[C@H]4F)CC3)c3cnc(-c4cnn5cccnc45)cc31)OCCN2. The van der Waals surface area contributed by atoms with Crippen molar-refractivity contribution < 1.29 is 28.2 Å². The number of likely N-dealkylation sites (tertiary alicyclic amines) is 2. The third-order valence-electron chi connectivity index (χ3n) is 9.80. The van der Waals surface area contributed by atoms with Gasteiger partial charge in [0.2, 0.25) is 0 Å². The van der Waals surface area contributed by atoms with Gasteiger partial charge in [-0.25, -0.2) is 18.6 Å². The number of amides is 1. The molecule has 3 aliphatic rings. The van der Waals surface area contributed by atoms with E-state index in [0.717, 1.165) is 11.3 Å². The number of likely N-dealkylation sites (N-methyl/N-ethyl adjacent to an activating group) is 1. The predicted molar refractivity (Wildman–Crippen MR) is 185 cm³/mol. The number of rotatable bonds is 9. The second-order valence-corrected chi connectivity index (χ2v) is 13.2. The minimum atomic E-state index is -1.15. The number of hydrogen-bond acceptors (Lipinski definition) is 12. The van der Waals surface area contributed by atoms with Crippen LogP contribution in [0, 0.1) is 5.92 Å². The van der Waals surface area contributed by atoms with Crippen molar-refractivity contribution in [3.8, 4) is 28.4 Å². The van der Waals surface area contributed by atoms with Gasteiger partial charge in [0.15, 0.2) is 17.5 Å². The molecule has 15 nitrogen and oxygen atoms in total. The van der Waals surface area contributed by atoms with Crippen LogP contribution in [0.3, 0.4) is 0 Å². The number of nitrogens with one attached hydrogen (secondary N) is 2. The highest BCUT2D eigenvalue weighted by Crippen LogP contribution is 2.38. The van der Waals surface area contributed by atoms with Gasteiger partial charge in [-0.15, -0.1) is 0 Å². The largest absolute Gasteiger partial charge is 0.494 e. The zero-order valence-electron chi connectivity index (χ0n) is 28.4. The van der Waals surface area contributed by atoms with Crippen molar-refractivity contribution in [1.82, 2.24) is 44.5 Å². The molecule has 51 heavy (non-hydrogen) atoms. The third-order valence-corrected chi connectivity index (χ3v) is 9.80. The zero-order valence-corrected chi connectivity index (χ0v) is 28.4. The van der Waals surface area contributed by atoms with Gasteiger partial charge in [0.1, 0.15) is 29.9 Å². The van der Waals surface area contributed by atoms with Gasteiger partial charge in [-0.1, -0.05) is 0 Å². The molecule has 0 radical (unpaired) electrons. The molecule has 8 rings (SSSR count). The molecule has 3 aliphatic heterocycles. The molecule has 2 saturated heterocycles. The van der Waals surface area contributed by atoms with Gasteiger partial charge in [0.25, 0.3) is 5.91 Å². The van der Waals surface area contributed by atoms with Crippen LogP contribution in [-0.2, 0) is 9.53 Å². The predicted octanol–water partition coefficient (Wildman–Crippen LogP) is 2.58. The maximum absolute atomic E-state index is 14.2. The number of alkyl halides is 1. The van der Waals surface area contributed by atoms with E-state index in [1.54, 1.807) is 41.0 Å². The molecule has 7 heterocycles. The van der Waals surface area contributed by atoms with Gasteiger partial charge in [-0.3, -0.25) is 19.5 Å². The summed E-state index contributed by atoms with van der Waals surface area (Å²) >= 11 is 0. The van der Waals surface area contributed by atoms with Crippen molar-refractivity contribution in [2.24, 2.45) is 5.92 Å². The van der Waals surface area contributed by atoms with E-state index < -0.39 is 12.3 Å². The van der Waals surface area contributed by atoms with Crippen LogP contribution in [0.15, 0.2) is 49.1 Å². The van der Waals surface area contributed by atoms with Crippen molar-refractivity contribution >= 4 is 34.1 Å². The lowest BCUT2D eigenvalue weighted by Gasteiger charge is -2.31. The summed E-state index contributed by atoms with van der Waals surface area (Å²) in [5, 5.41) is 16.2. The lowest BCUT2D eigenvalue weighted by atomic mass is 9.97. The molecule has 16 heteroatoms. The summed E-state index contributed by atoms with van der Waals surface area (Å²) in [6.45, 7) is 4.22. The molecule has 0 saturated carbocycles.